The largest absolute Gasteiger partial charge is 0.508 e. The van der Waals surface area contributed by atoms with E-state index in [1.807, 2.05) is 20.8 Å². The SMILES string of the molecule is CCCN(C(=O)C(CC(C)C)NC(=O)OC(C)(C)C)C(C(=O)NC1CCCCC1)c1cccc(O)c1. The Hall–Kier alpha value is -2.77. The van der Waals surface area contributed by atoms with Crippen molar-refractivity contribution in [3.63, 3.8) is 0 Å². The average Bonchev–Trinajstić information content (AvgIpc) is 2.77. The summed E-state index contributed by atoms with van der Waals surface area (Å²) >= 11 is 0. The minimum Gasteiger partial charge on any atom is -0.508 e. The number of hydrogen-bond donors (Lipinski definition) is 3. The summed E-state index contributed by atoms with van der Waals surface area (Å²) in [5, 5.41) is 16.1. The molecule has 3 amide bonds. The Kier molecular flexibility index (Phi) is 11.1. The summed E-state index contributed by atoms with van der Waals surface area (Å²) in [6.45, 7) is 11.5. The van der Waals surface area contributed by atoms with Gasteiger partial charge >= 0.3 is 6.09 Å². The summed E-state index contributed by atoms with van der Waals surface area (Å²) in [5.74, 6) is -0.469. The van der Waals surface area contributed by atoms with Crippen LogP contribution in [-0.4, -0.2) is 52.1 Å². The fourth-order valence-electron chi connectivity index (χ4n) is 4.65. The first-order valence-electron chi connectivity index (χ1n) is 13.3. The van der Waals surface area contributed by atoms with Gasteiger partial charge in [0, 0.05) is 12.6 Å². The maximum atomic E-state index is 14.0. The van der Waals surface area contributed by atoms with Crippen LogP contribution in [0.25, 0.3) is 0 Å². The van der Waals surface area contributed by atoms with Gasteiger partial charge in [0.15, 0.2) is 0 Å². The van der Waals surface area contributed by atoms with Crippen molar-refractivity contribution in [3.8, 4) is 5.75 Å². The van der Waals surface area contributed by atoms with Gasteiger partial charge in [-0.3, -0.25) is 9.59 Å². The Morgan fingerprint density at radius 1 is 1.14 bits per heavy atom. The highest BCUT2D eigenvalue weighted by atomic mass is 16.6. The smallest absolute Gasteiger partial charge is 0.408 e. The molecule has 0 heterocycles. The number of rotatable bonds is 10. The van der Waals surface area contributed by atoms with Crippen LogP contribution in [-0.2, 0) is 14.3 Å². The Morgan fingerprint density at radius 2 is 1.81 bits per heavy atom. The first-order valence-corrected chi connectivity index (χ1v) is 13.3. The Labute approximate surface area is 216 Å². The van der Waals surface area contributed by atoms with Crippen LogP contribution in [0.1, 0.15) is 98.1 Å². The van der Waals surface area contributed by atoms with E-state index in [9.17, 15) is 19.5 Å². The number of alkyl carbamates (subject to hydrolysis) is 1. The summed E-state index contributed by atoms with van der Waals surface area (Å²) in [5.41, 5.74) is -0.173. The molecule has 2 rings (SSSR count). The number of nitrogens with zero attached hydrogens (tertiary/aromatic N) is 1. The van der Waals surface area contributed by atoms with Gasteiger partial charge in [0.2, 0.25) is 11.8 Å². The number of benzene rings is 1. The zero-order chi connectivity index (χ0) is 26.9. The van der Waals surface area contributed by atoms with Gasteiger partial charge in [-0.05, 0) is 70.1 Å². The number of phenols is 1. The van der Waals surface area contributed by atoms with Crippen LogP contribution in [0.5, 0.6) is 5.75 Å². The van der Waals surface area contributed by atoms with Crippen LogP contribution in [0.2, 0.25) is 0 Å². The van der Waals surface area contributed by atoms with Gasteiger partial charge in [0.05, 0.1) is 0 Å². The molecule has 1 aromatic carbocycles. The zero-order valence-corrected chi connectivity index (χ0v) is 22.8. The lowest BCUT2D eigenvalue weighted by Crippen LogP contribution is -2.54. The summed E-state index contributed by atoms with van der Waals surface area (Å²) in [7, 11) is 0. The van der Waals surface area contributed by atoms with Crippen LogP contribution in [0.15, 0.2) is 24.3 Å². The monoisotopic (exact) mass is 503 g/mol. The molecule has 36 heavy (non-hydrogen) atoms. The van der Waals surface area contributed by atoms with E-state index in [-0.39, 0.29) is 29.5 Å². The van der Waals surface area contributed by atoms with Gasteiger partial charge in [-0.1, -0.05) is 52.2 Å². The van der Waals surface area contributed by atoms with Gasteiger partial charge in [-0.15, -0.1) is 0 Å². The molecule has 0 aliphatic heterocycles. The van der Waals surface area contributed by atoms with Gasteiger partial charge in [-0.25, -0.2) is 4.79 Å². The molecule has 0 spiro atoms. The summed E-state index contributed by atoms with van der Waals surface area (Å²) in [4.78, 5) is 41.8. The minimum absolute atomic E-state index is 0.0254. The first kappa shape index (κ1) is 29.5. The molecule has 8 nitrogen and oxygen atoms in total. The standard InChI is InChI=1S/C28H45N3O5/c1-7-16-31(26(34)23(17-19(2)3)30-27(35)36-28(4,5)6)24(20-12-11-15-22(32)18-20)25(33)29-21-13-9-8-10-14-21/h11-12,15,18-19,21,23-24,32H,7-10,13-14,16-17H2,1-6H3,(H,29,33)(H,30,35). The Morgan fingerprint density at radius 3 is 2.36 bits per heavy atom. The molecule has 0 saturated heterocycles. The molecule has 8 heteroatoms. The lowest BCUT2D eigenvalue weighted by atomic mass is 9.94. The number of aromatic hydroxyl groups is 1. The molecule has 0 bridgehead atoms. The van der Waals surface area contributed by atoms with Crippen molar-refractivity contribution in [2.75, 3.05) is 6.54 Å². The van der Waals surface area contributed by atoms with Crippen LogP contribution >= 0.6 is 0 Å². The molecule has 2 atom stereocenters. The van der Waals surface area contributed by atoms with E-state index in [4.69, 9.17) is 4.74 Å². The molecule has 2 unspecified atom stereocenters. The van der Waals surface area contributed by atoms with Crippen molar-refractivity contribution in [1.29, 1.82) is 0 Å². The van der Waals surface area contributed by atoms with E-state index in [1.165, 1.54) is 17.0 Å². The molecule has 0 radical (unpaired) electrons. The number of nitrogens with one attached hydrogen (secondary N) is 2. The first-order chi connectivity index (χ1) is 16.9. The van der Waals surface area contributed by atoms with E-state index in [0.29, 0.717) is 24.9 Å². The van der Waals surface area contributed by atoms with Crippen molar-refractivity contribution >= 4 is 17.9 Å². The Balaban J connectivity index is 2.41. The highest BCUT2D eigenvalue weighted by Gasteiger charge is 2.37. The van der Waals surface area contributed by atoms with Crippen molar-refractivity contribution in [2.45, 2.75) is 110 Å². The highest BCUT2D eigenvalue weighted by molar-refractivity contribution is 5.92. The predicted molar refractivity (Wildman–Crippen MR) is 140 cm³/mol. The van der Waals surface area contributed by atoms with Gasteiger partial charge < -0.3 is 25.4 Å². The van der Waals surface area contributed by atoms with Crippen molar-refractivity contribution in [2.24, 2.45) is 5.92 Å². The maximum Gasteiger partial charge on any atom is 0.408 e. The second kappa shape index (κ2) is 13.5. The van der Waals surface area contributed by atoms with E-state index >= 15 is 0 Å². The van der Waals surface area contributed by atoms with Gasteiger partial charge in [0.25, 0.3) is 0 Å². The zero-order valence-electron chi connectivity index (χ0n) is 22.8. The number of hydrogen-bond acceptors (Lipinski definition) is 5. The third kappa shape index (κ3) is 9.36. The van der Waals surface area contributed by atoms with Crippen molar-refractivity contribution in [1.82, 2.24) is 15.5 Å². The molecule has 0 aromatic heterocycles. The molecule has 1 aliphatic rings. The van der Waals surface area contributed by atoms with E-state index in [2.05, 4.69) is 10.6 Å². The molecular formula is C28H45N3O5. The number of amides is 3. The van der Waals surface area contributed by atoms with Crippen molar-refractivity contribution < 1.29 is 24.2 Å². The third-order valence-electron chi connectivity index (χ3n) is 6.14. The number of carbonyl (C=O) groups is 3. The highest BCUT2D eigenvalue weighted by Crippen LogP contribution is 2.28. The molecule has 202 valence electrons. The minimum atomic E-state index is -0.929. The van der Waals surface area contributed by atoms with Gasteiger partial charge in [0.1, 0.15) is 23.4 Å². The molecular weight excluding hydrogens is 458 g/mol. The Bertz CT molecular complexity index is 874. The average molecular weight is 504 g/mol. The summed E-state index contributed by atoms with van der Waals surface area (Å²) < 4.78 is 5.42. The van der Waals surface area contributed by atoms with Crippen LogP contribution in [0.3, 0.4) is 0 Å². The summed E-state index contributed by atoms with van der Waals surface area (Å²) in [6.07, 6.45) is 5.47. The predicted octanol–water partition coefficient (Wildman–Crippen LogP) is 5.06. The molecule has 1 aromatic rings. The van der Waals surface area contributed by atoms with Gasteiger partial charge in [-0.2, -0.15) is 0 Å². The lowest BCUT2D eigenvalue weighted by molar-refractivity contribution is -0.143. The molecule has 1 aliphatic carbocycles. The maximum absolute atomic E-state index is 14.0. The van der Waals surface area contributed by atoms with Crippen molar-refractivity contribution in [3.05, 3.63) is 29.8 Å². The fraction of sp³-hybridized carbons (Fsp3) is 0.679. The number of carbonyl (C=O) groups excluding carboxylic acids is 3. The number of phenolic OH excluding ortho intramolecular Hbond substituents is 1. The van der Waals surface area contributed by atoms with E-state index < -0.39 is 23.8 Å². The lowest BCUT2D eigenvalue weighted by Gasteiger charge is -2.36. The normalized spacial score (nSPS) is 16.2. The quantitative estimate of drug-likeness (QED) is 0.414. The summed E-state index contributed by atoms with van der Waals surface area (Å²) in [6, 6.07) is 4.77. The number of ether oxygens (including phenoxy) is 1. The van der Waals surface area contributed by atoms with Crippen LogP contribution in [0.4, 0.5) is 4.79 Å². The second-order valence-corrected chi connectivity index (χ2v) is 11.2. The third-order valence-corrected chi connectivity index (χ3v) is 6.14. The molecule has 3 N–H and O–H groups in total. The fourth-order valence-corrected chi connectivity index (χ4v) is 4.65. The van der Waals surface area contributed by atoms with E-state index in [1.54, 1.807) is 32.9 Å². The second-order valence-electron chi connectivity index (χ2n) is 11.2. The molecule has 1 fully saturated rings. The molecule has 1 saturated carbocycles. The van der Waals surface area contributed by atoms with E-state index in [0.717, 1.165) is 32.1 Å². The van der Waals surface area contributed by atoms with Crippen LogP contribution in [0, 0.1) is 5.92 Å². The topological polar surface area (TPSA) is 108 Å². The van der Waals surface area contributed by atoms with Crippen LogP contribution < -0.4 is 10.6 Å².